The number of benzene rings is 1. The molecule has 1 aromatic carbocycles. The van der Waals surface area contributed by atoms with Gasteiger partial charge in [0, 0.05) is 22.7 Å². The van der Waals surface area contributed by atoms with Gasteiger partial charge in [-0.15, -0.1) is 0 Å². The molecule has 2 N–H and O–H groups in total. The Morgan fingerprint density at radius 1 is 1.58 bits per heavy atom. The van der Waals surface area contributed by atoms with Crippen molar-refractivity contribution >= 4 is 21.9 Å². The fraction of sp³-hybridized carbons (Fsp3) is 0.231. The average molecular weight is 325 g/mol. The lowest BCUT2D eigenvalue weighted by Crippen LogP contribution is -2.05. The van der Waals surface area contributed by atoms with E-state index in [9.17, 15) is 9.90 Å². The normalized spacial score (nSPS) is 10.5. The van der Waals surface area contributed by atoms with E-state index >= 15 is 0 Å². The first-order chi connectivity index (χ1) is 9.04. The lowest BCUT2D eigenvalue weighted by Gasteiger charge is -2.13. The van der Waals surface area contributed by atoms with Gasteiger partial charge in [0.2, 0.25) is 0 Å². The SMILES string of the molecule is COC(=O)c1cc(Br)c(C)c(Cc2c[nH]cn2)c1O. The van der Waals surface area contributed by atoms with Crippen molar-refractivity contribution in [2.45, 2.75) is 13.3 Å². The number of hydrogen-bond donors (Lipinski definition) is 2. The van der Waals surface area contributed by atoms with Crippen LogP contribution < -0.4 is 0 Å². The number of aromatic nitrogens is 2. The summed E-state index contributed by atoms with van der Waals surface area (Å²) in [5, 5.41) is 10.2. The van der Waals surface area contributed by atoms with Gasteiger partial charge in [-0.2, -0.15) is 0 Å². The van der Waals surface area contributed by atoms with Gasteiger partial charge in [-0.3, -0.25) is 0 Å². The molecule has 0 aliphatic rings. The number of esters is 1. The van der Waals surface area contributed by atoms with E-state index in [2.05, 4.69) is 30.6 Å². The van der Waals surface area contributed by atoms with Gasteiger partial charge in [-0.25, -0.2) is 9.78 Å². The minimum atomic E-state index is -0.568. The highest BCUT2D eigenvalue weighted by atomic mass is 79.9. The largest absolute Gasteiger partial charge is 0.507 e. The number of hydrogen-bond acceptors (Lipinski definition) is 4. The van der Waals surface area contributed by atoms with Crippen LogP contribution in [0.15, 0.2) is 23.1 Å². The molecule has 2 aromatic rings. The second-order valence-corrected chi connectivity index (χ2v) is 4.94. The summed E-state index contributed by atoms with van der Waals surface area (Å²) in [4.78, 5) is 18.6. The Balaban J connectivity index is 2.52. The zero-order valence-corrected chi connectivity index (χ0v) is 12.1. The summed E-state index contributed by atoms with van der Waals surface area (Å²) in [6.45, 7) is 1.87. The fourth-order valence-electron chi connectivity index (χ4n) is 1.84. The first-order valence-corrected chi connectivity index (χ1v) is 6.40. The molecule has 100 valence electrons. The highest BCUT2D eigenvalue weighted by molar-refractivity contribution is 9.10. The number of H-pyrrole nitrogens is 1. The highest BCUT2D eigenvalue weighted by Gasteiger charge is 2.19. The standard InChI is InChI=1S/C13H13BrN2O3/c1-7-9(3-8-5-15-6-16-8)12(17)10(4-11(7)14)13(18)19-2/h4-6,17H,3H2,1-2H3,(H,15,16). The minimum Gasteiger partial charge on any atom is -0.507 e. The monoisotopic (exact) mass is 324 g/mol. The summed E-state index contributed by atoms with van der Waals surface area (Å²) in [5.41, 5.74) is 2.45. The zero-order valence-electron chi connectivity index (χ0n) is 10.5. The molecule has 0 amide bonds. The molecule has 0 fully saturated rings. The van der Waals surface area contributed by atoms with Gasteiger partial charge < -0.3 is 14.8 Å². The summed E-state index contributed by atoms with van der Waals surface area (Å²) in [7, 11) is 1.28. The number of phenols is 1. The number of nitrogens with one attached hydrogen (secondary N) is 1. The molecule has 0 aliphatic heterocycles. The third-order valence-corrected chi connectivity index (χ3v) is 3.76. The maximum Gasteiger partial charge on any atom is 0.341 e. The first kappa shape index (κ1) is 13.6. The van der Waals surface area contributed by atoms with E-state index in [4.69, 9.17) is 0 Å². The summed E-state index contributed by atoms with van der Waals surface area (Å²) in [6, 6.07) is 1.56. The van der Waals surface area contributed by atoms with Gasteiger partial charge >= 0.3 is 5.97 Å². The van der Waals surface area contributed by atoms with E-state index < -0.39 is 5.97 Å². The summed E-state index contributed by atoms with van der Waals surface area (Å²) >= 11 is 3.39. The topological polar surface area (TPSA) is 75.2 Å². The molecule has 0 atom stereocenters. The molecule has 1 heterocycles. The molecule has 5 nitrogen and oxygen atoms in total. The Labute approximate surface area is 118 Å². The van der Waals surface area contributed by atoms with Crippen LogP contribution >= 0.6 is 15.9 Å². The Hall–Kier alpha value is -1.82. The molecule has 6 heteroatoms. The van der Waals surface area contributed by atoms with Crippen LogP contribution in [0.3, 0.4) is 0 Å². The van der Waals surface area contributed by atoms with Gasteiger partial charge in [0.05, 0.1) is 19.1 Å². The molecule has 0 aliphatic carbocycles. The Morgan fingerprint density at radius 2 is 2.32 bits per heavy atom. The van der Waals surface area contributed by atoms with E-state index in [0.717, 1.165) is 15.7 Å². The van der Waals surface area contributed by atoms with Crippen LogP contribution in [0.5, 0.6) is 5.75 Å². The molecule has 0 unspecified atom stereocenters. The van der Waals surface area contributed by atoms with Crippen LogP contribution in [-0.4, -0.2) is 28.2 Å². The van der Waals surface area contributed by atoms with Crippen molar-refractivity contribution in [3.63, 3.8) is 0 Å². The van der Waals surface area contributed by atoms with Crippen molar-refractivity contribution in [1.29, 1.82) is 0 Å². The van der Waals surface area contributed by atoms with Gasteiger partial charge in [0.1, 0.15) is 11.3 Å². The van der Waals surface area contributed by atoms with Gasteiger partial charge in [0.15, 0.2) is 0 Å². The number of carbonyl (C=O) groups excluding carboxylic acids is 1. The number of imidazole rings is 1. The molecule has 1 aromatic heterocycles. The van der Waals surface area contributed by atoms with E-state index in [0.29, 0.717) is 12.0 Å². The number of aromatic amines is 1. The molecule has 19 heavy (non-hydrogen) atoms. The number of rotatable bonds is 3. The Morgan fingerprint density at radius 3 is 2.89 bits per heavy atom. The summed E-state index contributed by atoms with van der Waals surface area (Å²) in [5.74, 6) is -0.628. The van der Waals surface area contributed by atoms with Crippen LogP contribution in [0.25, 0.3) is 0 Å². The lowest BCUT2D eigenvalue weighted by molar-refractivity contribution is 0.0597. The van der Waals surface area contributed by atoms with Crippen LogP contribution in [0, 0.1) is 6.92 Å². The number of nitrogens with zero attached hydrogens (tertiary/aromatic N) is 1. The molecule has 2 rings (SSSR count). The maximum absolute atomic E-state index is 11.6. The fourth-order valence-corrected chi connectivity index (χ4v) is 2.31. The van der Waals surface area contributed by atoms with Crippen LogP contribution in [-0.2, 0) is 11.2 Å². The highest BCUT2D eigenvalue weighted by Crippen LogP contribution is 2.33. The van der Waals surface area contributed by atoms with E-state index in [1.165, 1.54) is 7.11 Å². The molecule has 0 radical (unpaired) electrons. The number of aromatic hydroxyl groups is 1. The van der Waals surface area contributed by atoms with Crippen molar-refractivity contribution in [3.8, 4) is 5.75 Å². The van der Waals surface area contributed by atoms with Crippen molar-refractivity contribution in [3.05, 3.63) is 45.4 Å². The Bertz CT molecular complexity index is 609. The predicted molar refractivity (Wildman–Crippen MR) is 73.3 cm³/mol. The van der Waals surface area contributed by atoms with Crippen LogP contribution in [0.1, 0.15) is 27.2 Å². The van der Waals surface area contributed by atoms with Crippen LogP contribution in [0.2, 0.25) is 0 Å². The van der Waals surface area contributed by atoms with Gasteiger partial charge in [-0.05, 0) is 18.6 Å². The van der Waals surface area contributed by atoms with Crippen molar-refractivity contribution < 1.29 is 14.6 Å². The van der Waals surface area contributed by atoms with E-state index in [-0.39, 0.29) is 11.3 Å². The van der Waals surface area contributed by atoms with Crippen molar-refractivity contribution in [1.82, 2.24) is 9.97 Å². The molecular weight excluding hydrogens is 312 g/mol. The molecule has 0 saturated heterocycles. The minimum absolute atomic E-state index is 0.0597. The van der Waals surface area contributed by atoms with Crippen molar-refractivity contribution in [2.24, 2.45) is 0 Å². The maximum atomic E-state index is 11.6. The molecule has 0 bridgehead atoms. The number of phenolic OH excluding ortho intramolecular Hbond substituents is 1. The van der Waals surface area contributed by atoms with Gasteiger partial charge in [-0.1, -0.05) is 15.9 Å². The number of methoxy groups -OCH3 is 1. The lowest BCUT2D eigenvalue weighted by atomic mass is 9.99. The molecular formula is C13H13BrN2O3. The second-order valence-electron chi connectivity index (χ2n) is 4.09. The third kappa shape index (κ3) is 2.63. The van der Waals surface area contributed by atoms with Crippen molar-refractivity contribution in [2.75, 3.05) is 7.11 Å². The van der Waals surface area contributed by atoms with E-state index in [1.807, 2.05) is 6.92 Å². The number of halogens is 1. The molecule has 0 saturated carbocycles. The Kier molecular flexibility index (Phi) is 3.90. The zero-order chi connectivity index (χ0) is 14.0. The smallest absolute Gasteiger partial charge is 0.341 e. The van der Waals surface area contributed by atoms with Gasteiger partial charge in [0.25, 0.3) is 0 Å². The third-order valence-electron chi connectivity index (χ3n) is 2.94. The predicted octanol–water partition coefficient (Wildman–Crippen LogP) is 2.56. The first-order valence-electron chi connectivity index (χ1n) is 5.61. The number of ether oxygens (including phenoxy) is 1. The quantitative estimate of drug-likeness (QED) is 0.851. The van der Waals surface area contributed by atoms with E-state index in [1.54, 1.807) is 18.6 Å². The van der Waals surface area contributed by atoms with Crippen LogP contribution in [0.4, 0.5) is 0 Å². The summed E-state index contributed by atoms with van der Waals surface area (Å²) < 4.78 is 5.41. The average Bonchev–Trinajstić information content (AvgIpc) is 2.91. The summed E-state index contributed by atoms with van der Waals surface area (Å²) in [6.07, 6.45) is 3.75. The number of carbonyl (C=O) groups is 1. The molecule has 0 spiro atoms. The second kappa shape index (κ2) is 5.44.